The van der Waals surface area contributed by atoms with Gasteiger partial charge in [-0.25, -0.2) is 4.98 Å². The summed E-state index contributed by atoms with van der Waals surface area (Å²) in [7, 11) is 0. The van der Waals surface area contributed by atoms with Crippen LogP contribution in [-0.4, -0.2) is 14.1 Å². The fourth-order valence-corrected chi connectivity index (χ4v) is 5.71. The van der Waals surface area contributed by atoms with Crippen LogP contribution >= 0.6 is 0 Å². The lowest BCUT2D eigenvalue weighted by atomic mass is 10.1. The van der Waals surface area contributed by atoms with Crippen LogP contribution in [-0.2, 0) is 0 Å². The lowest BCUT2D eigenvalue weighted by Crippen LogP contribution is -1.97. The zero-order valence-electron chi connectivity index (χ0n) is 19.5. The quantitative estimate of drug-likeness (QED) is 0.254. The van der Waals surface area contributed by atoms with Crippen molar-refractivity contribution in [2.24, 2.45) is 0 Å². The Kier molecular flexibility index (Phi) is 3.94. The molecule has 0 atom stereocenters. The van der Waals surface area contributed by atoms with Crippen molar-refractivity contribution < 1.29 is 0 Å². The van der Waals surface area contributed by atoms with Crippen molar-refractivity contribution in [2.75, 3.05) is 0 Å². The van der Waals surface area contributed by atoms with Crippen molar-refractivity contribution in [1.29, 1.82) is 0 Å². The standard InChI is InChI=1S/C33H21N3/c1-2-11-23(12-3-1)35-29-16-8-5-13-24(29)26-21-32-27(20-31(26)35)25-14-6-9-17-30(25)36(32)33-19-18-22-10-4-7-15-28(22)34-33/h1-21H. The highest BCUT2D eigenvalue weighted by Gasteiger charge is 2.18. The Morgan fingerprint density at radius 3 is 1.75 bits per heavy atom. The predicted octanol–water partition coefficient (Wildman–Crippen LogP) is 8.43. The molecular weight excluding hydrogens is 438 g/mol. The topological polar surface area (TPSA) is 22.8 Å². The van der Waals surface area contributed by atoms with Crippen LogP contribution in [0.5, 0.6) is 0 Å². The van der Waals surface area contributed by atoms with Gasteiger partial charge in [-0.05, 0) is 54.6 Å². The Morgan fingerprint density at radius 1 is 0.417 bits per heavy atom. The van der Waals surface area contributed by atoms with Crippen molar-refractivity contribution in [1.82, 2.24) is 14.1 Å². The lowest BCUT2D eigenvalue weighted by Gasteiger charge is -2.09. The van der Waals surface area contributed by atoms with E-state index < -0.39 is 0 Å². The van der Waals surface area contributed by atoms with Gasteiger partial charge in [-0.3, -0.25) is 4.57 Å². The van der Waals surface area contributed by atoms with E-state index in [1.54, 1.807) is 0 Å². The van der Waals surface area contributed by atoms with Gasteiger partial charge >= 0.3 is 0 Å². The number of aromatic nitrogens is 3. The van der Waals surface area contributed by atoms with Gasteiger partial charge in [0.1, 0.15) is 5.82 Å². The van der Waals surface area contributed by atoms with E-state index >= 15 is 0 Å². The van der Waals surface area contributed by atoms with Crippen LogP contribution in [0.3, 0.4) is 0 Å². The molecule has 0 saturated carbocycles. The van der Waals surface area contributed by atoms with Crippen LogP contribution in [0.15, 0.2) is 127 Å². The smallest absolute Gasteiger partial charge is 0.138 e. The maximum absolute atomic E-state index is 5.07. The van der Waals surface area contributed by atoms with E-state index in [0.717, 1.165) is 16.7 Å². The third-order valence-electron chi connectivity index (χ3n) is 7.29. The van der Waals surface area contributed by atoms with Crippen LogP contribution in [0.2, 0.25) is 0 Å². The van der Waals surface area contributed by atoms with Crippen molar-refractivity contribution in [2.45, 2.75) is 0 Å². The molecular formula is C33H21N3. The third-order valence-corrected chi connectivity index (χ3v) is 7.29. The number of pyridine rings is 1. The van der Waals surface area contributed by atoms with Gasteiger partial charge in [-0.15, -0.1) is 0 Å². The van der Waals surface area contributed by atoms with Gasteiger partial charge in [-0.2, -0.15) is 0 Å². The summed E-state index contributed by atoms with van der Waals surface area (Å²) in [6.45, 7) is 0. The molecule has 3 nitrogen and oxygen atoms in total. The first-order valence-corrected chi connectivity index (χ1v) is 12.2. The molecule has 3 aromatic heterocycles. The number of fused-ring (bicyclic) bond motifs is 7. The molecule has 168 valence electrons. The van der Waals surface area contributed by atoms with Gasteiger partial charge in [0.2, 0.25) is 0 Å². The van der Waals surface area contributed by atoms with E-state index in [9.17, 15) is 0 Å². The van der Waals surface area contributed by atoms with Gasteiger partial charge in [0.15, 0.2) is 0 Å². The van der Waals surface area contributed by atoms with Gasteiger partial charge in [0.05, 0.1) is 27.6 Å². The third kappa shape index (κ3) is 2.65. The Hall–Kier alpha value is -4.89. The number of benzene rings is 5. The lowest BCUT2D eigenvalue weighted by molar-refractivity contribution is 1.10. The Labute approximate surface area is 207 Å². The van der Waals surface area contributed by atoms with E-state index in [4.69, 9.17) is 4.98 Å². The molecule has 0 aliphatic carbocycles. The van der Waals surface area contributed by atoms with Crippen LogP contribution in [0.4, 0.5) is 0 Å². The SMILES string of the molecule is c1ccc(-n2c3ccccc3c3cc4c(cc32)c2ccccc2n4-c2ccc3ccccc3n2)cc1. The minimum Gasteiger partial charge on any atom is -0.309 e. The minimum atomic E-state index is 0.936. The molecule has 0 aliphatic heterocycles. The summed E-state index contributed by atoms with van der Waals surface area (Å²) < 4.78 is 4.69. The molecule has 0 aliphatic rings. The number of hydrogen-bond acceptors (Lipinski definition) is 1. The number of hydrogen-bond donors (Lipinski definition) is 0. The average Bonchev–Trinajstić information content (AvgIpc) is 3.44. The predicted molar refractivity (Wildman–Crippen MR) is 150 cm³/mol. The van der Waals surface area contributed by atoms with Gasteiger partial charge in [0.25, 0.3) is 0 Å². The summed E-state index contributed by atoms with van der Waals surface area (Å²) in [5.74, 6) is 0.936. The molecule has 36 heavy (non-hydrogen) atoms. The minimum absolute atomic E-state index is 0.936. The molecule has 8 rings (SSSR count). The molecule has 0 N–H and O–H groups in total. The summed E-state index contributed by atoms with van der Waals surface area (Å²) in [6, 6.07) is 45.3. The van der Waals surface area contributed by atoms with Crippen molar-refractivity contribution >= 4 is 54.5 Å². The first-order valence-electron chi connectivity index (χ1n) is 12.2. The van der Waals surface area contributed by atoms with Crippen LogP contribution < -0.4 is 0 Å². The molecule has 0 amide bonds. The second-order valence-corrected chi connectivity index (χ2v) is 9.29. The zero-order valence-corrected chi connectivity index (χ0v) is 19.5. The summed E-state index contributed by atoms with van der Waals surface area (Å²) >= 11 is 0. The number of rotatable bonds is 2. The van der Waals surface area contributed by atoms with E-state index in [2.05, 4.69) is 130 Å². The Morgan fingerprint density at radius 2 is 1.00 bits per heavy atom. The maximum Gasteiger partial charge on any atom is 0.138 e. The molecule has 0 bridgehead atoms. The zero-order chi connectivity index (χ0) is 23.6. The van der Waals surface area contributed by atoms with E-state index in [1.807, 2.05) is 6.07 Å². The second kappa shape index (κ2) is 7.30. The molecule has 0 spiro atoms. The summed E-state index contributed by atoms with van der Waals surface area (Å²) in [4.78, 5) is 5.07. The van der Waals surface area contributed by atoms with Gasteiger partial charge in [-0.1, -0.05) is 72.8 Å². The van der Waals surface area contributed by atoms with Crippen molar-refractivity contribution in [3.05, 3.63) is 127 Å². The first kappa shape index (κ1) is 19.4. The molecule has 0 unspecified atom stereocenters. The largest absolute Gasteiger partial charge is 0.309 e. The molecule has 3 heterocycles. The Bertz CT molecular complexity index is 2100. The molecule has 0 radical (unpaired) electrons. The fraction of sp³-hybridized carbons (Fsp3) is 0. The van der Waals surface area contributed by atoms with Crippen LogP contribution in [0, 0.1) is 0 Å². The van der Waals surface area contributed by atoms with Gasteiger partial charge in [0, 0.05) is 32.6 Å². The van der Waals surface area contributed by atoms with E-state index in [1.165, 1.54) is 49.3 Å². The van der Waals surface area contributed by atoms with Crippen molar-refractivity contribution in [3.63, 3.8) is 0 Å². The maximum atomic E-state index is 5.07. The van der Waals surface area contributed by atoms with Crippen molar-refractivity contribution in [3.8, 4) is 11.5 Å². The monoisotopic (exact) mass is 459 g/mol. The number of para-hydroxylation sites is 4. The fourth-order valence-electron chi connectivity index (χ4n) is 5.71. The normalized spacial score (nSPS) is 11.9. The second-order valence-electron chi connectivity index (χ2n) is 9.29. The van der Waals surface area contributed by atoms with E-state index in [0.29, 0.717) is 0 Å². The molecule has 5 aromatic carbocycles. The highest BCUT2D eigenvalue weighted by Crippen LogP contribution is 2.39. The summed E-state index contributed by atoms with van der Waals surface area (Å²) in [6.07, 6.45) is 0. The molecule has 3 heteroatoms. The molecule has 0 fully saturated rings. The average molecular weight is 460 g/mol. The molecule has 8 aromatic rings. The highest BCUT2D eigenvalue weighted by atomic mass is 15.1. The van der Waals surface area contributed by atoms with Crippen LogP contribution in [0.1, 0.15) is 0 Å². The first-order chi connectivity index (χ1) is 17.9. The van der Waals surface area contributed by atoms with Gasteiger partial charge < -0.3 is 4.57 Å². The summed E-state index contributed by atoms with van der Waals surface area (Å²) in [5.41, 5.74) is 6.93. The number of nitrogens with zero attached hydrogens (tertiary/aromatic N) is 3. The Balaban J connectivity index is 1.54. The van der Waals surface area contributed by atoms with E-state index in [-0.39, 0.29) is 0 Å². The summed E-state index contributed by atoms with van der Waals surface area (Å²) in [5, 5.41) is 6.10. The highest BCUT2D eigenvalue weighted by molar-refractivity contribution is 6.19. The van der Waals surface area contributed by atoms with Crippen LogP contribution in [0.25, 0.3) is 66.0 Å². The molecule has 0 saturated heterocycles.